The molecule has 1 aliphatic heterocycles. The van der Waals surface area contributed by atoms with Crippen molar-refractivity contribution in [2.45, 2.75) is 30.2 Å². The maximum Gasteiger partial charge on any atom is 0.240 e. The summed E-state index contributed by atoms with van der Waals surface area (Å²) < 4.78 is 32.5. The maximum atomic E-state index is 12.4. The summed E-state index contributed by atoms with van der Waals surface area (Å²) in [6.45, 7) is 2.46. The van der Waals surface area contributed by atoms with Gasteiger partial charge in [0.1, 0.15) is 5.75 Å². The van der Waals surface area contributed by atoms with Crippen molar-refractivity contribution in [2.24, 2.45) is 0 Å². The molecule has 0 radical (unpaired) electrons. The van der Waals surface area contributed by atoms with E-state index in [2.05, 4.69) is 14.9 Å². The zero-order valence-electron chi connectivity index (χ0n) is 17.2. The first kappa shape index (κ1) is 22.3. The molecule has 162 valence electrons. The molecule has 2 aromatic carbocycles. The zero-order chi connectivity index (χ0) is 21.4. The Kier molecular flexibility index (Phi) is 7.84. The average molecular weight is 432 g/mol. The molecule has 7 nitrogen and oxygen atoms in total. The number of rotatable bonds is 10. The molecule has 1 amide bonds. The van der Waals surface area contributed by atoms with Crippen molar-refractivity contribution >= 4 is 15.9 Å². The second-order valence-electron chi connectivity index (χ2n) is 7.27. The second kappa shape index (κ2) is 10.6. The molecule has 1 atom stereocenters. The van der Waals surface area contributed by atoms with Gasteiger partial charge in [0.05, 0.1) is 18.0 Å². The first-order valence-corrected chi connectivity index (χ1v) is 11.7. The lowest BCUT2D eigenvalue weighted by Gasteiger charge is -2.29. The molecule has 0 aliphatic carbocycles. The highest BCUT2D eigenvalue weighted by Crippen LogP contribution is 2.31. The quantitative estimate of drug-likeness (QED) is 0.603. The van der Waals surface area contributed by atoms with Crippen LogP contribution in [0, 0.1) is 0 Å². The summed E-state index contributed by atoms with van der Waals surface area (Å²) in [7, 11) is -1.96. The van der Waals surface area contributed by atoms with Gasteiger partial charge < -0.3 is 10.1 Å². The molecule has 0 bridgehead atoms. The molecule has 30 heavy (non-hydrogen) atoms. The molecule has 1 aliphatic rings. The molecule has 1 saturated heterocycles. The van der Waals surface area contributed by atoms with Gasteiger partial charge >= 0.3 is 0 Å². The summed E-state index contributed by atoms with van der Waals surface area (Å²) in [6.07, 6.45) is 2.35. The fraction of sp³-hybridized carbons (Fsp3) is 0.409. The minimum absolute atomic E-state index is 0.0219. The maximum absolute atomic E-state index is 12.4. The average Bonchev–Trinajstić information content (AvgIpc) is 3.29. The minimum atomic E-state index is -3.61. The van der Waals surface area contributed by atoms with E-state index in [9.17, 15) is 13.2 Å². The highest BCUT2D eigenvalue weighted by Gasteiger charge is 2.26. The fourth-order valence-corrected chi connectivity index (χ4v) is 4.76. The smallest absolute Gasteiger partial charge is 0.240 e. The van der Waals surface area contributed by atoms with Crippen molar-refractivity contribution in [2.75, 3.05) is 33.3 Å². The number of ether oxygens (including phenoxy) is 1. The molecule has 1 heterocycles. The second-order valence-corrected chi connectivity index (χ2v) is 9.03. The number of amides is 1. The number of likely N-dealkylation sites (tertiary alicyclic amines) is 1. The van der Waals surface area contributed by atoms with Crippen LogP contribution in [0.3, 0.4) is 0 Å². The zero-order valence-corrected chi connectivity index (χ0v) is 18.0. The lowest BCUT2D eigenvalue weighted by atomic mass is 10.0. The molecule has 0 saturated carbocycles. The van der Waals surface area contributed by atoms with Crippen molar-refractivity contribution in [1.29, 1.82) is 0 Å². The molecule has 0 spiro atoms. The van der Waals surface area contributed by atoms with Crippen molar-refractivity contribution < 1.29 is 17.9 Å². The van der Waals surface area contributed by atoms with E-state index in [-0.39, 0.29) is 29.8 Å². The van der Waals surface area contributed by atoms with Gasteiger partial charge in [0.15, 0.2) is 0 Å². The van der Waals surface area contributed by atoms with Gasteiger partial charge in [0, 0.05) is 25.1 Å². The Labute approximate surface area is 178 Å². The van der Waals surface area contributed by atoms with E-state index >= 15 is 0 Å². The van der Waals surface area contributed by atoms with E-state index in [1.54, 1.807) is 25.3 Å². The van der Waals surface area contributed by atoms with Crippen molar-refractivity contribution in [3.8, 4) is 5.75 Å². The molecule has 2 aromatic rings. The molecular weight excluding hydrogens is 402 g/mol. The van der Waals surface area contributed by atoms with Crippen LogP contribution in [0.1, 0.15) is 30.9 Å². The third-order valence-electron chi connectivity index (χ3n) is 5.27. The minimum Gasteiger partial charge on any atom is -0.496 e. The number of sulfonamides is 1. The first-order chi connectivity index (χ1) is 14.5. The van der Waals surface area contributed by atoms with Crippen LogP contribution in [0.15, 0.2) is 59.5 Å². The number of carbonyl (C=O) groups is 1. The van der Waals surface area contributed by atoms with E-state index in [1.807, 2.05) is 24.3 Å². The number of carbonyl (C=O) groups excluding carboxylic acids is 1. The predicted octanol–water partition coefficient (Wildman–Crippen LogP) is 2.32. The SMILES string of the molecule is COc1ccccc1C(CNC(=O)CCNS(=O)(=O)c1ccccc1)N1CCCC1. The Bertz CT molecular complexity index is 928. The number of nitrogens with zero attached hydrogens (tertiary/aromatic N) is 1. The summed E-state index contributed by atoms with van der Waals surface area (Å²) in [5.74, 6) is 0.615. The van der Waals surface area contributed by atoms with E-state index in [0.29, 0.717) is 6.54 Å². The van der Waals surface area contributed by atoms with Crippen LogP contribution in [0.5, 0.6) is 5.75 Å². The van der Waals surface area contributed by atoms with E-state index < -0.39 is 10.0 Å². The largest absolute Gasteiger partial charge is 0.496 e. The van der Waals surface area contributed by atoms with E-state index in [4.69, 9.17) is 4.74 Å². The standard InChI is InChI=1S/C22H29N3O4S/c1-29-21-12-6-5-11-19(21)20(25-15-7-8-16-25)17-23-22(26)13-14-24-30(27,28)18-9-3-2-4-10-18/h2-6,9-12,20,24H,7-8,13-17H2,1H3,(H,23,26). The van der Waals surface area contributed by atoms with Crippen LogP contribution >= 0.6 is 0 Å². The lowest BCUT2D eigenvalue weighted by molar-refractivity contribution is -0.121. The molecule has 0 aromatic heterocycles. The summed E-state index contributed by atoms with van der Waals surface area (Å²) in [4.78, 5) is 14.9. The molecule has 8 heteroatoms. The van der Waals surface area contributed by atoms with Crippen LogP contribution in [0.25, 0.3) is 0 Å². The van der Waals surface area contributed by atoms with Crippen LogP contribution in [0.2, 0.25) is 0 Å². The third kappa shape index (κ3) is 5.81. The topological polar surface area (TPSA) is 87.7 Å². The van der Waals surface area contributed by atoms with Gasteiger partial charge in [0.25, 0.3) is 0 Å². The van der Waals surface area contributed by atoms with Crippen LogP contribution < -0.4 is 14.8 Å². The predicted molar refractivity (Wildman–Crippen MR) is 116 cm³/mol. The van der Waals surface area contributed by atoms with Crippen LogP contribution in [0.4, 0.5) is 0 Å². The van der Waals surface area contributed by atoms with Gasteiger partial charge in [-0.25, -0.2) is 13.1 Å². The summed E-state index contributed by atoms with van der Waals surface area (Å²) in [5, 5.41) is 2.96. The molecule has 2 N–H and O–H groups in total. The Morgan fingerprint density at radius 1 is 1.07 bits per heavy atom. The number of nitrogens with one attached hydrogen (secondary N) is 2. The Hall–Kier alpha value is -2.42. The number of hydrogen-bond acceptors (Lipinski definition) is 5. The Morgan fingerprint density at radius 3 is 2.43 bits per heavy atom. The van der Waals surface area contributed by atoms with Crippen molar-refractivity contribution in [1.82, 2.24) is 14.9 Å². The number of hydrogen-bond donors (Lipinski definition) is 2. The van der Waals surface area contributed by atoms with Gasteiger partial charge in [-0.1, -0.05) is 36.4 Å². The summed E-state index contributed by atoms with van der Waals surface area (Å²) in [5.41, 5.74) is 1.05. The van der Waals surface area contributed by atoms with Gasteiger partial charge in [-0.2, -0.15) is 0 Å². The molecule has 1 fully saturated rings. The lowest BCUT2D eigenvalue weighted by Crippen LogP contribution is -2.38. The normalized spacial score (nSPS) is 15.6. The Balaban J connectivity index is 1.56. The van der Waals surface area contributed by atoms with Crippen LogP contribution in [-0.4, -0.2) is 52.5 Å². The number of para-hydroxylation sites is 1. The monoisotopic (exact) mass is 431 g/mol. The number of methoxy groups -OCH3 is 1. The van der Waals surface area contributed by atoms with Crippen LogP contribution in [-0.2, 0) is 14.8 Å². The summed E-state index contributed by atoms with van der Waals surface area (Å²) in [6, 6.07) is 16.0. The van der Waals surface area contributed by atoms with E-state index in [0.717, 1.165) is 37.2 Å². The fourth-order valence-electron chi connectivity index (χ4n) is 3.71. The van der Waals surface area contributed by atoms with Gasteiger partial charge in [-0.15, -0.1) is 0 Å². The Morgan fingerprint density at radius 2 is 1.73 bits per heavy atom. The van der Waals surface area contributed by atoms with Gasteiger partial charge in [-0.3, -0.25) is 9.69 Å². The molecular formula is C22H29N3O4S. The van der Waals surface area contributed by atoms with E-state index in [1.165, 1.54) is 12.1 Å². The van der Waals surface area contributed by atoms with Crippen molar-refractivity contribution in [3.05, 3.63) is 60.2 Å². The van der Waals surface area contributed by atoms with Gasteiger partial charge in [0.2, 0.25) is 15.9 Å². The summed E-state index contributed by atoms with van der Waals surface area (Å²) >= 11 is 0. The molecule has 1 unspecified atom stereocenters. The highest BCUT2D eigenvalue weighted by atomic mass is 32.2. The molecule has 3 rings (SSSR count). The van der Waals surface area contributed by atoms with Crippen molar-refractivity contribution in [3.63, 3.8) is 0 Å². The third-order valence-corrected chi connectivity index (χ3v) is 6.75. The van der Waals surface area contributed by atoms with Gasteiger partial charge in [-0.05, 0) is 44.1 Å². The number of benzene rings is 2. The highest BCUT2D eigenvalue weighted by molar-refractivity contribution is 7.89. The first-order valence-electron chi connectivity index (χ1n) is 10.2.